The molecule has 1 unspecified atom stereocenters. The highest BCUT2D eigenvalue weighted by Gasteiger charge is 2.13. The Hall–Kier alpha value is -2.69. The molecule has 0 bridgehead atoms. The minimum atomic E-state index is -0.310. The van der Waals surface area contributed by atoms with Crippen LogP contribution in [0.25, 0.3) is 10.9 Å². The summed E-state index contributed by atoms with van der Waals surface area (Å²) < 4.78 is 18.9. The Morgan fingerprint density at radius 3 is 2.77 bits per heavy atom. The lowest BCUT2D eigenvalue weighted by atomic mass is 10.1. The zero-order valence-corrected chi connectivity index (χ0v) is 12.4. The van der Waals surface area contributed by atoms with Gasteiger partial charge in [-0.1, -0.05) is 18.2 Å². The molecule has 0 aliphatic rings. The first kappa shape index (κ1) is 14.3. The molecule has 0 amide bonds. The third kappa shape index (κ3) is 2.70. The van der Waals surface area contributed by atoms with E-state index in [0.29, 0.717) is 16.7 Å². The van der Waals surface area contributed by atoms with Crippen LogP contribution in [0, 0.1) is 5.82 Å². The number of nitrogens with zero attached hydrogens (tertiary/aromatic N) is 2. The number of anilines is 1. The first-order chi connectivity index (χ1) is 10.7. The second-order valence-electron chi connectivity index (χ2n) is 4.99. The summed E-state index contributed by atoms with van der Waals surface area (Å²) in [6.45, 7) is 2.01. The number of rotatable bonds is 4. The average molecular weight is 297 g/mol. The minimum Gasteiger partial charge on any atom is -0.496 e. The third-order valence-corrected chi connectivity index (χ3v) is 3.56. The molecule has 22 heavy (non-hydrogen) atoms. The summed E-state index contributed by atoms with van der Waals surface area (Å²) in [5.41, 5.74) is 1.71. The molecule has 5 heteroatoms. The number of fused-ring (bicyclic) bond motifs is 1. The molecule has 0 spiro atoms. The number of ether oxygens (including phenoxy) is 1. The fraction of sp³-hybridized carbons (Fsp3) is 0.176. The Morgan fingerprint density at radius 1 is 1.14 bits per heavy atom. The molecule has 3 aromatic rings. The van der Waals surface area contributed by atoms with Gasteiger partial charge in [-0.2, -0.15) is 0 Å². The summed E-state index contributed by atoms with van der Waals surface area (Å²) in [6, 6.07) is 12.2. The molecule has 1 heterocycles. The standard InChI is InChI=1S/C17H16FN3O/c1-11(13-5-3-4-6-16(13)22-2)21-17-14-9-12(18)7-8-15(14)19-10-20-17/h3-11H,1-2H3,(H,19,20,21). The SMILES string of the molecule is COc1ccccc1C(C)Nc1ncnc2ccc(F)cc12. The van der Waals surface area contributed by atoms with Crippen LogP contribution in [0.5, 0.6) is 5.75 Å². The number of nitrogens with one attached hydrogen (secondary N) is 1. The summed E-state index contributed by atoms with van der Waals surface area (Å²) in [5.74, 6) is 1.09. The topological polar surface area (TPSA) is 47.0 Å². The molecule has 1 N–H and O–H groups in total. The normalized spacial score (nSPS) is 12.1. The maximum Gasteiger partial charge on any atom is 0.137 e. The third-order valence-electron chi connectivity index (χ3n) is 3.56. The van der Waals surface area contributed by atoms with Crippen LogP contribution >= 0.6 is 0 Å². The lowest BCUT2D eigenvalue weighted by molar-refractivity contribution is 0.408. The Bertz CT molecular complexity index is 807. The molecule has 0 fully saturated rings. The second kappa shape index (κ2) is 5.97. The lowest BCUT2D eigenvalue weighted by Crippen LogP contribution is -2.10. The fourth-order valence-electron chi connectivity index (χ4n) is 2.45. The van der Waals surface area contributed by atoms with Gasteiger partial charge in [0.1, 0.15) is 23.7 Å². The number of methoxy groups -OCH3 is 1. The zero-order chi connectivity index (χ0) is 15.5. The second-order valence-corrected chi connectivity index (χ2v) is 4.99. The molecule has 112 valence electrons. The number of hydrogen-bond acceptors (Lipinski definition) is 4. The number of para-hydroxylation sites is 1. The van der Waals surface area contributed by atoms with Crippen LogP contribution in [0.15, 0.2) is 48.8 Å². The van der Waals surface area contributed by atoms with E-state index in [0.717, 1.165) is 11.3 Å². The van der Waals surface area contributed by atoms with Crippen LogP contribution in [-0.4, -0.2) is 17.1 Å². The number of hydrogen-bond donors (Lipinski definition) is 1. The predicted octanol–water partition coefficient (Wildman–Crippen LogP) is 3.95. The summed E-state index contributed by atoms with van der Waals surface area (Å²) >= 11 is 0. The van der Waals surface area contributed by atoms with Gasteiger partial charge in [0, 0.05) is 10.9 Å². The average Bonchev–Trinajstić information content (AvgIpc) is 2.55. The molecule has 0 radical (unpaired) electrons. The van der Waals surface area contributed by atoms with Gasteiger partial charge >= 0.3 is 0 Å². The molecular formula is C17H16FN3O. The van der Waals surface area contributed by atoms with Crippen molar-refractivity contribution < 1.29 is 9.13 Å². The fourth-order valence-corrected chi connectivity index (χ4v) is 2.45. The van der Waals surface area contributed by atoms with Crippen LogP contribution in [0.4, 0.5) is 10.2 Å². The summed E-state index contributed by atoms with van der Waals surface area (Å²) in [7, 11) is 1.64. The van der Waals surface area contributed by atoms with Crippen molar-refractivity contribution >= 4 is 16.7 Å². The first-order valence-electron chi connectivity index (χ1n) is 6.99. The van der Waals surface area contributed by atoms with E-state index in [1.807, 2.05) is 31.2 Å². The Balaban J connectivity index is 1.97. The van der Waals surface area contributed by atoms with Crippen LogP contribution in [0.2, 0.25) is 0 Å². The van der Waals surface area contributed by atoms with E-state index in [1.165, 1.54) is 18.5 Å². The Morgan fingerprint density at radius 2 is 1.95 bits per heavy atom. The molecule has 0 aliphatic carbocycles. The highest BCUT2D eigenvalue weighted by atomic mass is 19.1. The van der Waals surface area contributed by atoms with Gasteiger partial charge < -0.3 is 10.1 Å². The quantitative estimate of drug-likeness (QED) is 0.792. The molecule has 0 saturated carbocycles. The van der Waals surface area contributed by atoms with E-state index >= 15 is 0 Å². The molecule has 0 aliphatic heterocycles. The van der Waals surface area contributed by atoms with E-state index in [4.69, 9.17) is 4.74 Å². The minimum absolute atomic E-state index is 0.0440. The number of benzene rings is 2. The van der Waals surface area contributed by atoms with Gasteiger partial charge in [0.05, 0.1) is 18.7 Å². The van der Waals surface area contributed by atoms with Crippen molar-refractivity contribution in [2.75, 3.05) is 12.4 Å². The van der Waals surface area contributed by atoms with Crippen LogP contribution in [0.1, 0.15) is 18.5 Å². The van der Waals surface area contributed by atoms with E-state index < -0.39 is 0 Å². The Labute approximate surface area is 128 Å². The number of aromatic nitrogens is 2. The maximum absolute atomic E-state index is 13.5. The first-order valence-corrected chi connectivity index (χ1v) is 6.99. The van der Waals surface area contributed by atoms with E-state index in [2.05, 4.69) is 15.3 Å². The van der Waals surface area contributed by atoms with Crippen LogP contribution in [-0.2, 0) is 0 Å². The monoisotopic (exact) mass is 297 g/mol. The van der Waals surface area contributed by atoms with Gasteiger partial charge in [0.15, 0.2) is 0 Å². The highest BCUT2D eigenvalue weighted by Crippen LogP contribution is 2.29. The largest absolute Gasteiger partial charge is 0.496 e. The number of halogens is 1. The molecule has 1 atom stereocenters. The maximum atomic E-state index is 13.5. The molecule has 2 aromatic carbocycles. The van der Waals surface area contributed by atoms with Gasteiger partial charge in [0.25, 0.3) is 0 Å². The van der Waals surface area contributed by atoms with Crippen molar-refractivity contribution in [1.82, 2.24) is 9.97 Å². The zero-order valence-electron chi connectivity index (χ0n) is 12.4. The van der Waals surface area contributed by atoms with Gasteiger partial charge in [-0.15, -0.1) is 0 Å². The van der Waals surface area contributed by atoms with Gasteiger partial charge in [-0.3, -0.25) is 0 Å². The van der Waals surface area contributed by atoms with Crippen molar-refractivity contribution in [3.05, 3.63) is 60.2 Å². The van der Waals surface area contributed by atoms with Gasteiger partial charge in [-0.05, 0) is 31.2 Å². The van der Waals surface area contributed by atoms with Crippen molar-refractivity contribution in [2.24, 2.45) is 0 Å². The summed E-state index contributed by atoms with van der Waals surface area (Å²) in [6.07, 6.45) is 1.47. The van der Waals surface area contributed by atoms with E-state index in [1.54, 1.807) is 13.2 Å². The van der Waals surface area contributed by atoms with E-state index in [9.17, 15) is 4.39 Å². The predicted molar refractivity (Wildman–Crippen MR) is 84.5 cm³/mol. The molecular weight excluding hydrogens is 281 g/mol. The smallest absolute Gasteiger partial charge is 0.137 e. The van der Waals surface area contributed by atoms with Gasteiger partial charge in [-0.25, -0.2) is 14.4 Å². The van der Waals surface area contributed by atoms with Crippen molar-refractivity contribution in [2.45, 2.75) is 13.0 Å². The van der Waals surface area contributed by atoms with Crippen LogP contribution < -0.4 is 10.1 Å². The molecule has 4 nitrogen and oxygen atoms in total. The molecule has 3 rings (SSSR count). The van der Waals surface area contributed by atoms with Gasteiger partial charge in [0.2, 0.25) is 0 Å². The van der Waals surface area contributed by atoms with Crippen molar-refractivity contribution in [1.29, 1.82) is 0 Å². The molecule has 0 saturated heterocycles. The van der Waals surface area contributed by atoms with E-state index in [-0.39, 0.29) is 11.9 Å². The van der Waals surface area contributed by atoms with Crippen molar-refractivity contribution in [3.8, 4) is 5.75 Å². The highest BCUT2D eigenvalue weighted by molar-refractivity contribution is 5.88. The molecule has 1 aromatic heterocycles. The summed E-state index contributed by atoms with van der Waals surface area (Å²) in [5, 5.41) is 3.96. The van der Waals surface area contributed by atoms with Crippen LogP contribution in [0.3, 0.4) is 0 Å². The summed E-state index contributed by atoms with van der Waals surface area (Å²) in [4.78, 5) is 8.39. The lowest BCUT2D eigenvalue weighted by Gasteiger charge is -2.18. The van der Waals surface area contributed by atoms with Crippen molar-refractivity contribution in [3.63, 3.8) is 0 Å². The Kier molecular flexibility index (Phi) is 3.87.